The summed E-state index contributed by atoms with van der Waals surface area (Å²) in [6, 6.07) is 1.78. The molecule has 2 N–H and O–H groups in total. The summed E-state index contributed by atoms with van der Waals surface area (Å²) >= 11 is 0. The molecule has 1 aromatic heterocycles. The van der Waals surface area contributed by atoms with Crippen LogP contribution in [0.1, 0.15) is 85.0 Å². The van der Waals surface area contributed by atoms with E-state index >= 15 is 0 Å². The van der Waals surface area contributed by atoms with Gasteiger partial charge in [0.05, 0.1) is 0 Å². The lowest BCUT2D eigenvalue weighted by Gasteiger charge is -2.17. The summed E-state index contributed by atoms with van der Waals surface area (Å²) in [5.74, 6) is 0.548. The third-order valence-corrected chi connectivity index (χ3v) is 4.10. The first kappa shape index (κ1) is 20.0. The van der Waals surface area contributed by atoms with Crippen molar-refractivity contribution in [3.63, 3.8) is 0 Å². The fraction of sp³-hybridized carbons (Fsp3) is 0.842. The van der Waals surface area contributed by atoms with Gasteiger partial charge in [0.15, 0.2) is 0 Å². The van der Waals surface area contributed by atoms with E-state index in [1.807, 2.05) is 6.20 Å². The van der Waals surface area contributed by atoms with Gasteiger partial charge in [-0.25, -0.2) is 4.68 Å². The monoisotopic (exact) mass is 323 g/mol. The molecule has 0 saturated carbocycles. The molecule has 23 heavy (non-hydrogen) atoms. The second-order valence-electron chi connectivity index (χ2n) is 7.81. The largest absolute Gasteiger partial charge is 0.382 e. The molecule has 4 nitrogen and oxygen atoms in total. The zero-order valence-electron chi connectivity index (χ0n) is 15.5. The number of ether oxygens (including phenoxy) is 1. The van der Waals surface area contributed by atoms with E-state index in [1.165, 1.54) is 57.8 Å². The Morgan fingerprint density at radius 1 is 0.957 bits per heavy atom. The van der Waals surface area contributed by atoms with Crippen molar-refractivity contribution < 1.29 is 4.74 Å². The van der Waals surface area contributed by atoms with Gasteiger partial charge in [0.25, 0.3) is 0 Å². The smallest absolute Gasteiger partial charge is 0.145 e. The van der Waals surface area contributed by atoms with E-state index in [1.54, 1.807) is 10.7 Å². The Kier molecular flexibility index (Phi) is 10.0. The molecule has 4 heteroatoms. The number of nitrogens with zero attached hydrogens (tertiary/aromatic N) is 2. The zero-order valence-corrected chi connectivity index (χ0v) is 15.5. The molecule has 0 aromatic carbocycles. The minimum atomic E-state index is 0.506. The van der Waals surface area contributed by atoms with Crippen molar-refractivity contribution in [1.82, 2.24) is 9.78 Å². The van der Waals surface area contributed by atoms with E-state index in [0.717, 1.165) is 13.0 Å². The first-order valence-corrected chi connectivity index (χ1v) is 9.34. The number of aromatic nitrogens is 2. The molecule has 1 aromatic rings. The van der Waals surface area contributed by atoms with Crippen LogP contribution in [0.4, 0.5) is 5.82 Å². The number of nitrogen functional groups attached to an aromatic ring is 1. The summed E-state index contributed by atoms with van der Waals surface area (Å²) in [5.41, 5.74) is 6.05. The summed E-state index contributed by atoms with van der Waals surface area (Å²) in [6.07, 6.45) is 15.3. The van der Waals surface area contributed by atoms with Gasteiger partial charge in [0.2, 0.25) is 0 Å². The Morgan fingerprint density at radius 2 is 1.52 bits per heavy atom. The van der Waals surface area contributed by atoms with Crippen molar-refractivity contribution in [2.24, 2.45) is 5.41 Å². The van der Waals surface area contributed by atoms with Gasteiger partial charge in [-0.15, -0.1) is 0 Å². The summed E-state index contributed by atoms with van der Waals surface area (Å²) in [6.45, 7) is 8.32. The number of rotatable bonds is 13. The maximum atomic E-state index is 5.58. The van der Waals surface area contributed by atoms with E-state index in [4.69, 9.17) is 10.5 Å². The van der Waals surface area contributed by atoms with Gasteiger partial charge < -0.3 is 10.5 Å². The van der Waals surface area contributed by atoms with Gasteiger partial charge in [-0.2, -0.15) is 5.10 Å². The number of hydrogen-bond acceptors (Lipinski definition) is 3. The molecule has 0 amide bonds. The third kappa shape index (κ3) is 12.1. The Bertz CT molecular complexity index is 396. The molecule has 0 saturated heterocycles. The summed E-state index contributed by atoms with van der Waals surface area (Å²) in [7, 11) is 0. The van der Waals surface area contributed by atoms with Crippen LogP contribution < -0.4 is 5.73 Å². The highest BCUT2D eigenvalue weighted by molar-refractivity contribution is 5.23. The topological polar surface area (TPSA) is 53.1 Å². The predicted octanol–water partition coefficient (Wildman–Crippen LogP) is 5.39. The maximum Gasteiger partial charge on any atom is 0.145 e. The molecule has 1 heterocycles. The van der Waals surface area contributed by atoms with E-state index in [2.05, 4.69) is 25.9 Å². The molecule has 0 radical (unpaired) electrons. The highest BCUT2D eigenvalue weighted by Crippen LogP contribution is 2.22. The van der Waals surface area contributed by atoms with Crippen molar-refractivity contribution in [2.75, 3.05) is 12.3 Å². The Morgan fingerprint density at radius 3 is 2.04 bits per heavy atom. The van der Waals surface area contributed by atoms with Crippen LogP contribution in [0, 0.1) is 5.41 Å². The quantitative estimate of drug-likeness (QED) is 0.495. The van der Waals surface area contributed by atoms with Crippen LogP contribution in [0.25, 0.3) is 0 Å². The van der Waals surface area contributed by atoms with Gasteiger partial charge in [0.1, 0.15) is 12.5 Å². The van der Waals surface area contributed by atoms with Crippen LogP contribution in [-0.2, 0) is 11.5 Å². The van der Waals surface area contributed by atoms with Crippen LogP contribution in [-0.4, -0.2) is 16.4 Å². The van der Waals surface area contributed by atoms with E-state index in [0.29, 0.717) is 18.0 Å². The molecule has 0 spiro atoms. The molecule has 1 rings (SSSR count). The zero-order chi connectivity index (χ0) is 17.0. The first-order chi connectivity index (χ1) is 11.0. The van der Waals surface area contributed by atoms with Crippen LogP contribution in [0.15, 0.2) is 12.3 Å². The molecular formula is C19H37N3O. The molecule has 134 valence electrons. The summed E-state index contributed by atoms with van der Waals surface area (Å²) in [4.78, 5) is 0. The van der Waals surface area contributed by atoms with Crippen LogP contribution in [0.3, 0.4) is 0 Å². The highest BCUT2D eigenvalue weighted by Gasteiger charge is 2.08. The molecule has 0 fully saturated rings. The standard InChI is InChI=1S/C19H37N3O/c1-19(2,3)14-11-9-7-5-4-6-8-10-12-16-23-17-22-15-13-18(20)21-22/h13,15H,4-12,14,16-17H2,1-3H3,(H2,20,21). The molecule has 0 unspecified atom stereocenters. The lowest BCUT2D eigenvalue weighted by atomic mass is 9.89. The minimum Gasteiger partial charge on any atom is -0.382 e. The second kappa shape index (κ2) is 11.5. The van der Waals surface area contributed by atoms with Crippen molar-refractivity contribution >= 4 is 5.82 Å². The lowest BCUT2D eigenvalue weighted by molar-refractivity contribution is 0.0661. The number of unbranched alkanes of at least 4 members (excludes halogenated alkanes) is 8. The average molecular weight is 324 g/mol. The second-order valence-corrected chi connectivity index (χ2v) is 7.81. The van der Waals surface area contributed by atoms with Crippen LogP contribution in [0.2, 0.25) is 0 Å². The van der Waals surface area contributed by atoms with Gasteiger partial charge >= 0.3 is 0 Å². The van der Waals surface area contributed by atoms with E-state index in [-0.39, 0.29) is 0 Å². The van der Waals surface area contributed by atoms with Gasteiger partial charge in [-0.05, 0) is 18.3 Å². The normalized spacial score (nSPS) is 12.0. The van der Waals surface area contributed by atoms with Crippen molar-refractivity contribution in [3.05, 3.63) is 12.3 Å². The lowest BCUT2D eigenvalue weighted by Crippen LogP contribution is -2.04. The van der Waals surface area contributed by atoms with Crippen LogP contribution in [0.5, 0.6) is 0 Å². The summed E-state index contributed by atoms with van der Waals surface area (Å²) < 4.78 is 7.31. The van der Waals surface area contributed by atoms with E-state index < -0.39 is 0 Å². The molecule has 0 aliphatic heterocycles. The number of anilines is 1. The van der Waals surface area contributed by atoms with Crippen LogP contribution >= 0.6 is 0 Å². The SMILES string of the molecule is CC(C)(C)CCCCCCCCCCCOCn1ccc(N)n1. The Labute approximate surface area is 142 Å². The highest BCUT2D eigenvalue weighted by atomic mass is 16.5. The first-order valence-electron chi connectivity index (χ1n) is 9.34. The van der Waals surface area contributed by atoms with Crippen molar-refractivity contribution in [2.45, 2.75) is 91.7 Å². The number of nitrogens with two attached hydrogens (primary N) is 1. The third-order valence-electron chi connectivity index (χ3n) is 4.10. The van der Waals surface area contributed by atoms with Crippen molar-refractivity contribution in [1.29, 1.82) is 0 Å². The molecular weight excluding hydrogens is 286 g/mol. The molecule has 0 aliphatic rings. The fourth-order valence-electron chi connectivity index (χ4n) is 2.70. The van der Waals surface area contributed by atoms with E-state index in [9.17, 15) is 0 Å². The number of hydrogen-bond donors (Lipinski definition) is 1. The Hall–Kier alpha value is -1.03. The molecule has 0 atom stereocenters. The molecule has 0 bridgehead atoms. The average Bonchev–Trinajstić information content (AvgIpc) is 2.88. The maximum absolute atomic E-state index is 5.58. The van der Waals surface area contributed by atoms with Gasteiger partial charge in [0, 0.05) is 18.9 Å². The van der Waals surface area contributed by atoms with Gasteiger partial charge in [-0.3, -0.25) is 0 Å². The minimum absolute atomic E-state index is 0.506. The predicted molar refractivity (Wildman–Crippen MR) is 98.2 cm³/mol. The molecule has 0 aliphatic carbocycles. The van der Waals surface area contributed by atoms with Gasteiger partial charge in [-0.1, -0.05) is 72.1 Å². The Balaban J connectivity index is 1.76. The fourth-order valence-corrected chi connectivity index (χ4v) is 2.70. The van der Waals surface area contributed by atoms with Crippen molar-refractivity contribution in [3.8, 4) is 0 Å². The summed E-state index contributed by atoms with van der Waals surface area (Å²) in [5, 5.41) is 4.08.